The molecule has 0 saturated heterocycles. The molecule has 1 aromatic rings. The van der Waals surface area contributed by atoms with Gasteiger partial charge in [0.25, 0.3) is 0 Å². The van der Waals surface area contributed by atoms with E-state index < -0.39 is 29.5 Å². The predicted octanol–water partition coefficient (Wildman–Crippen LogP) is 0.719. The average Bonchev–Trinajstić information content (AvgIpc) is 2.18. The Morgan fingerprint density at radius 3 is 2.53 bits per heavy atom. The molecule has 0 fully saturated rings. The van der Waals surface area contributed by atoms with E-state index in [1.165, 1.54) is 0 Å². The first-order valence-electron chi connectivity index (χ1n) is 4.23. The summed E-state index contributed by atoms with van der Waals surface area (Å²) in [5.74, 6) is -2.34. The summed E-state index contributed by atoms with van der Waals surface area (Å²) < 4.78 is 39.6. The van der Waals surface area contributed by atoms with Crippen molar-refractivity contribution in [3.8, 4) is 5.75 Å². The lowest BCUT2D eigenvalue weighted by Gasteiger charge is -2.13. The van der Waals surface area contributed by atoms with Gasteiger partial charge in [-0.15, -0.1) is 13.2 Å². The van der Waals surface area contributed by atoms with Crippen LogP contribution < -0.4 is 16.2 Å². The van der Waals surface area contributed by atoms with E-state index in [9.17, 15) is 18.0 Å². The van der Waals surface area contributed by atoms with Crippen molar-refractivity contribution in [3.05, 3.63) is 17.5 Å². The molecule has 0 bridgehead atoms. The van der Waals surface area contributed by atoms with Gasteiger partial charge in [0.05, 0.1) is 11.4 Å². The molecule has 1 heterocycles. The second-order valence-corrected chi connectivity index (χ2v) is 2.92. The highest BCUT2D eigenvalue weighted by Gasteiger charge is 2.33. The Labute approximate surface area is 93.0 Å². The van der Waals surface area contributed by atoms with Crippen LogP contribution in [0.25, 0.3) is 0 Å². The lowest BCUT2D eigenvalue weighted by atomic mass is 10.2. The van der Waals surface area contributed by atoms with Gasteiger partial charge < -0.3 is 21.3 Å². The highest BCUT2D eigenvalue weighted by Crippen LogP contribution is 2.30. The van der Waals surface area contributed by atoms with Crippen LogP contribution in [0.2, 0.25) is 0 Å². The van der Waals surface area contributed by atoms with E-state index in [1.54, 1.807) is 0 Å². The second-order valence-electron chi connectivity index (χ2n) is 2.92. The Kier molecular flexibility index (Phi) is 3.42. The molecule has 1 rings (SSSR count). The van der Waals surface area contributed by atoms with Crippen molar-refractivity contribution in [2.45, 2.75) is 12.9 Å². The number of anilines is 1. The summed E-state index contributed by atoms with van der Waals surface area (Å²) in [6, 6.07) is 0.588. The van der Waals surface area contributed by atoms with Crippen molar-refractivity contribution >= 4 is 11.7 Å². The summed E-state index contributed by atoms with van der Waals surface area (Å²) >= 11 is 0. The molecule has 0 amide bonds. The summed E-state index contributed by atoms with van der Waals surface area (Å²) in [4.78, 5) is 14.1. The molecule has 6 nitrogen and oxygen atoms in total. The van der Waals surface area contributed by atoms with E-state index in [-0.39, 0.29) is 12.2 Å². The van der Waals surface area contributed by atoms with E-state index in [0.717, 1.165) is 0 Å². The van der Waals surface area contributed by atoms with Gasteiger partial charge in [-0.2, -0.15) is 0 Å². The Hall–Kier alpha value is -2.03. The van der Waals surface area contributed by atoms with Gasteiger partial charge in [0.15, 0.2) is 11.4 Å². The van der Waals surface area contributed by atoms with Crippen molar-refractivity contribution in [3.63, 3.8) is 0 Å². The van der Waals surface area contributed by atoms with Crippen molar-refractivity contribution in [2.75, 3.05) is 5.73 Å². The van der Waals surface area contributed by atoms with Gasteiger partial charge in [-0.1, -0.05) is 0 Å². The maximum Gasteiger partial charge on any atom is 0.573 e. The maximum absolute atomic E-state index is 12.0. The van der Waals surface area contributed by atoms with Crippen LogP contribution in [-0.2, 0) is 6.54 Å². The third-order valence-corrected chi connectivity index (χ3v) is 1.74. The number of nitrogen functional groups attached to an aromatic ring is 1. The van der Waals surface area contributed by atoms with Crippen molar-refractivity contribution < 1.29 is 27.8 Å². The molecular formula is C8H8F3N3O3. The number of aromatic carboxylic acids is 1. The van der Waals surface area contributed by atoms with E-state index in [2.05, 4.69) is 9.72 Å². The summed E-state index contributed by atoms with van der Waals surface area (Å²) in [6.45, 7) is -0.304. The topological polar surface area (TPSA) is 111 Å². The number of hydrogen-bond donors (Lipinski definition) is 3. The van der Waals surface area contributed by atoms with Crippen LogP contribution in [0.15, 0.2) is 6.07 Å². The molecule has 0 atom stereocenters. The molecule has 9 heteroatoms. The number of rotatable bonds is 3. The minimum absolute atomic E-state index is 0.177. The Balaban J connectivity index is 3.28. The lowest BCUT2D eigenvalue weighted by molar-refractivity contribution is -0.274. The summed E-state index contributed by atoms with van der Waals surface area (Å²) in [7, 11) is 0. The van der Waals surface area contributed by atoms with Crippen molar-refractivity contribution in [1.29, 1.82) is 0 Å². The number of carboxylic acid groups (broad SMARTS) is 1. The summed E-state index contributed by atoms with van der Waals surface area (Å²) in [6.07, 6.45) is -4.98. The van der Waals surface area contributed by atoms with Crippen molar-refractivity contribution in [1.82, 2.24) is 4.98 Å². The van der Waals surface area contributed by atoms with Gasteiger partial charge in [0.2, 0.25) is 0 Å². The fourth-order valence-electron chi connectivity index (χ4n) is 1.06. The third-order valence-electron chi connectivity index (χ3n) is 1.74. The Bertz CT molecular complexity index is 448. The first-order valence-corrected chi connectivity index (χ1v) is 4.23. The lowest BCUT2D eigenvalue weighted by Crippen LogP contribution is -2.20. The van der Waals surface area contributed by atoms with Gasteiger partial charge in [0.1, 0.15) is 0 Å². The molecule has 0 aromatic carbocycles. The average molecular weight is 251 g/mol. The Morgan fingerprint density at radius 1 is 1.53 bits per heavy atom. The molecule has 0 aliphatic rings. The third kappa shape index (κ3) is 3.21. The fourth-order valence-corrected chi connectivity index (χ4v) is 1.06. The summed E-state index contributed by atoms with van der Waals surface area (Å²) in [5, 5.41) is 8.64. The van der Waals surface area contributed by atoms with Crippen LogP contribution in [0.4, 0.5) is 18.9 Å². The highest BCUT2D eigenvalue weighted by molar-refractivity contribution is 5.86. The molecule has 0 radical (unpaired) electrons. The number of pyridine rings is 1. The van der Waals surface area contributed by atoms with E-state index in [0.29, 0.717) is 6.07 Å². The first kappa shape index (κ1) is 13.0. The molecular weight excluding hydrogens is 243 g/mol. The zero-order valence-electron chi connectivity index (χ0n) is 8.28. The number of ether oxygens (including phenoxy) is 1. The van der Waals surface area contributed by atoms with Crippen molar-refractivity contribution in [2.24, 2.45) is 5.73 Å². The van der Waals surface area contributed by atoms with Crippen LogP contribution in [-0.4, -0.2) is 22.4 Å². The number of carboxylic acids is 1. The predicted molar refractivity (Wildman–Crippen MR) is 50.2 cm³/mol. The molecule has 17 heavy (non-hydrogen) atoms. The minimum atomic E-state index is -4.98. The molecule has 0 aliphatic heterocycles. The summed E-state index contributed by atoms with van der Waals surface area (Å²) in [5.41, 5.74) is 9.25. The number of hydrogen-bond acceptors (Lipinski definition) is 5. The normalized spacial score (nSPS) is 11.3. The smallest absolute Gasteiger partial charge is 0.477 e. The van der Waals surface area contributed by atoms with E-state index in [1.807, 2.05) is 0 Å². The van der Waals surface area contributed by atoms with Crippen LogP contribution in [0.1, 0.15) is 16.2 Å². The minimum Gasteiger partial charge on any atom is -0.477 e. The van der Waals surface area contributed by atoms with Crippen LogP contribution in [0.5, 0.6) is 5.75 Å². The Morgan fingerprint density at radius 2 is 2.12 bits per heavy atom. The second kappa shape index (κ2) is 4.45. The van der Waals surface area contributed by atoms with Gasteiger partial charge in [-0.25, -0.2) is 9.78 Å². The largest absolute Gasteiger partial charge is 0.573 e. The fraction of sp³-hybridized carbons (Fsp3) is 0.250. The maximum atomic E-state index is 12.0. The SMILES string of the molecule is NCc1nc(C(=O)O)cc(OC(F)(F)F)c1N. The number of alkyl halides is 3. The molecule has 0 spiro atoms. The van der Waals surface area contributed by atoms with Crippen LogP contribution in [0, 0.1) is 0 Å². The number of aromatic nitrogens is 1. The highest BCUT2D eigenvalue weighted by atomic mass is 19.4. The molecule has 94 valence electrons. The standard InChI is InChI=1S/C8H8F3N3O3/c9-8(10,11)17-5-1-3(7(15)16)14-4(2-12)6(5)13/h1H,2,12-13H2,(H,15,16). The van der Waals surface area contributed by atoms with Crippen LogP contribution in [0.3, 0.4) is 0 Å². The van der Waals surface area contributed by atoms with Gasteiger partial charge in [0, 0.05) is 12.6 Å². The van der Waals surface area contributed by atoms with Gasteiger partial charge >= 0.3 is 12.3 Å². The van der Waals surface area contributed by atoms with E-state index in [4.69, 9.17) is 16.6 Å². The molecule has 0 unspecified atom stereocenters. The molecule has 0 saturated carbocycles. The number of nitrogens with two attached hydrogens (primary N) is 2. The number of halogens is 3. The molecule has 5 N–H and O–H groups in total. The zero-order chi connectivity index (χ0) is 13.2. The molecule has 0 aliphatic carbocycles. The molecule has 1 aromatic heterocycles. The zero-order valence-corrected chi connectivity index (χ0v) is 8.28. The van der Waals surface area contributed by atoms with Crippen LogP contribution >= 0.6 is 0 Å². The monoisotopic (exact) mass is 251 g/mol. The number of carbonyl (C=O) groups is 1. The number of nitrogens with zero attached hydrogens (tertiary/aromatic N) is 1. The van der Waals surface area contributed by atoms with E-state index >= 15 is 0 Å². The quantitative estimate of drug-likeness (QED) is 0.729. The van der Waals surface area contributed by atoms with Gasteiger partial charge in [-0.3, -0.25) is 0 Å². The van der Waals surface area contributed by atoms with Gasteiger partial charge in [-0.05, 0) is 0 Å². The first-order chi connectivity index (χ1) is 7.74.